The van der Waals surface area contributed by atoms with Gasteiger partial charge in [0.1, 0.15) is 0 Å². The van der Waals surface area contributed by atoms with E-state index in [-0.39, 0.29) is 0 Å². The van der Waals surface area contributed by atoms with E-state index >= 15 is 0 Å². The molecule has 1 aromatic rings. The fourth-order valence-electron chi connectivity index (χ4n) is 1.45. The van der Waals surface area contributed by atoms with E-state index in [1.54, 1.807) is 14.2 Å². The van der Waals surface area contributed by atoms with Gasteiger partial charge >= 0.3 is 0 Å². The lowest BCUT2D eigenvalue weighted by Crippen LogP contribution is -2.16. The van der Waals surface area contributed by atoms with Crippen molar-refractivity contribution >= 4 is 0 Å². The van der Waals surface area contributed by atoms with E-state index in [0.717, 1.165) is 31.0 Å². The van der Waals surface area contributed by atoms with Crippen LogP contribution in [0.4, 0.5) is 0 Å². The van der Waals surface area contributed by atoms with Gasteiger partial charge in [0.25, 0.3) is 0 Å². The molecule has 0 aromatic heterocycles. The molecule has 0 aliphatic rings. The van der Waals surface area contributed by atoms with Crippen LogP contribution in [-0.4, -0.2) is 27.3 Å². The molecule has 0 aliphatic heterocycles. The molecule has 0 saturated heterocycles. The molecule has 0 bridgehead atoms. The average Bonchev–Trinajstić information content (AvgIpc) is 2.29. The van der Waals surface area contributed by atoms with Gasteiger partial charge in [-0.2, -0.15) is 0 Å². The van der Waals surface area contributed by atoms with Gasteiger partial charge in [-0.05, 0) is 37.2 Å². The van der Waals surface area contributed by atoms with E-state index in [1.165, 1.54) is 5.56 Å². The van der Waals surface area contributed by atoms with Crippen LogP contribution in [-0.2, 0) is 6.42 Å². The van der Waals surface area contributed by atoms with Crippen molar-refractivity contribution in [3.05, 3.63) is 23.8 Å². The molecule has 1 aromatic carbocycles. The van der Waals surface area contributed by atoms with Gasteiger partial charge in [0.05, 0.1) is 14.2 Å². The van der Waals surface area contributed by atoms with Crippen LogP contribution >= 0.6 is 0 Å². The number of hydrogen-bond acceptors (Lipinski definition) is 3. The molecule has 0 spiro atoms. The zero-order valence-corrected chi connectivity index (χ0v) is 9.67. The van der Waals surface area contributed by atoms with Crippen molar-refractivity contribution in [1.82, 2.24) is 5.32 Å². The molecule has 3 heteroatoms. The maximum Gasteiger partial charge on any atom is 0.160 e. The molecular weight excluding hydrogens is 190 g/mol. The molecule has 0 aliphatic carbocycles. The highest BCUT2D eigenvalue weighted by molar-refractivity contribution is 5.42. The molecule has 1 rings (SSSR count). The van der Waals surface area contributed by atoms with E-state index < -0.39 is 0 Å². The summed E-state index contributed by atoms with van der Waals surface area (Å²) in [6.45, 7) is 4.11. The summed E-state index contributed by atoms with van der Waals surface area (Å²) in [6.07, 6.45) is 1.01. The van der Waals surface area contributed by atoms with Crippen molar-refractivity contribution in [2.45, 2.75) is 13.3 Å². The van der Waals surface area contributed by atoms with Gasteiger partial charge in [-0.1, -0.05) is 13.0 Å². The summed E-state index contributed by atoms with van der Waals surface area (Å²) in [4.78, 5) is 0. The Bertz CT molecular complexity index is 300. The zero-order chi connectivity index (χ0) is 11.1. The number of likely N-dealkylation sites (N-methyl/N-ethyl adjacent to an activating group) is 1. The van der Waals surface area contributed by atoms with Gasteiger partial charge in [0.15, 0.2) is 11.5 Å². The largest absolute Gasteiger partial charge is 0.493 e. The van der Waals surface area contributed by atoms with Crippen molar-refractivity contribution in [2.75, 3.05) is 27.3 Å². The van der Waals surface area contributed by atoms with E-state index in [4.69, 9.17) is 9.47 Å². The van der Waals surface area contributed by atoms with Crippen molar-refractivity contribution in [3.63, 3.8) is 0 Å². The summed E-state index contributed by atoms with van der Waals surface area (Å²) in [6, 6.07) is 6.04. The van der Waals surface area contributed by atoms with Crippen LogP contribution in [0.5, 0.6) is 11.5 Å². The molecule has 0 heterocycles. The van der Waals surface area contributed by atoms with E-state index in [9.17, 15) is 0 Å². The van der Waals surface area contributed by atoms with Gasteiger partial charge in [-0.3, -0.25) is 0 Å². The maximum atomic E-state index is 5.24. The van der Waals surface area contributed by atoms with Crippen LogP contribution < -0.4 is 14.8 Å². The second kappa shape index (κ2) is 6.30. The van der Waals surface area contributed by atoms with Crippen LogP contribution in [0.25, 0.3) is 0 Å². The van der Waals surface area contributed by atoms with Gasteiger partial charge in [-0.15, -0.1) is 0 Å². The molecule has 3 nitrogen and oxygen atoms in total. The van der Waals surface area contributed by atoms with Crippen molar-refractivity contribution < 1.29 is 9.47 Å². The third-order valence-corrected chi connectivity index (χ3v) is 2.29. The first-order valence-corrected chi connectivity index (χ1v) is 5.23. The summed E-state index contributed by atoms with van der Waals surface area (Å²) in [5.41, 5.74) is 1.26. The molecular formula is C12H19NO2. The molecule has 0 amide bonds. The number of rotatable bonds is 6. The maximum absolute atomic E-state index is 5.24. The minimum Gasteiger partial charge on any atom is -0.493 e. The van der Waals surface area contributed by atoms with Crippen molar-refractivity contribution in [2.24, 2.45) is 0 Å². The Kier molecular flexibility index (Phi) is 4.98. The smallest absolute Gasteiger partial charge is 0.160 e. The molecule has 84 valence electrons. The van der Waals surface area contributed by atoms with Crippen LogP contribution in [0.15, 0.2) is 18.2 Å². The first-order valence-electron chi connectivity index (χ1n) is 5.23. The monoisotopic (exact) mass is 209 g/mol. The SMILES string of the molecule is CCNCCc1ccc(OC)c(OC)c1. The first kappa shape index (κ1) is 11.9. The Labute approximate surface area is 91.4 Å². The predicted molar refractivity (Wildman–Crippen MR) is 61.8 cm³/mol. The fourth-order valence-corrected chi connectivity index (χ4v) is 1.45. The predicted octanol–water partition coefficient (Wildman–Crippen LogP) is 1.86. The fraction of sp³-hybridized carbons (Fsp3) is 0.500. The van der Waals surface area contributed by atoms with Gasteiger partial charge in [0, 0.05) is 0 Å². The lowest BCUT2D eigenvalue weighted by molar-refractivity contribution is 0.354. The standard InChI is InChI=1S/C12H19NO2/c1-4-13-8-7-10-5-6-11(14-2)12(9-10)15-3/h5-6,9,13H,4,7-8H2,1-3H3. The van der Waals surface area contributed by atoms with E-state index in [1.807, 2.05) is 12.1 Å². The minimum absolute atomic E-state index is 0.782. The van der Waals surface area contributed by atoms with Crippen LogP contribution in [0.2, 0.25) is 0 Å². The normalized spacial score (nSPS) is 10.1. The highest BCUT2D eigenvalue weighted by Gasteiger charge is 2.03. The summed E-state index contributed by atoms with van der Waals surface area (Å²) >= 11 is 0. The highest BCUT2D eigenvalue weighted by Crippen LogP contribution is 2.27. The third-order valence-electron chi connectivity index (χ3n) is 2.29. The summed E-state index contributed by atoms with van der Waals surface area (Å²) < 4.78 is 10.4. The molecule has 0 saturated carbocycles. The lowest BCUT2D eigenvalue weighted by atomic mass is 10.1. The number of hydrogen-bond donors (Lipinski definition) is 1. The Morgan fingerprint density at radius 2 is 1.87 bits per heavy atom. The Morgan fingerprint density at radius 3 is 2.47 bits per heavy atom. The second-order valence-corrected chi connectivity index (χ2v) is 3.29. The Hall–Kier alpha value is -1.22. The molecule has 0 radical (unpaired) electrons. The van der Waals surface area contributed by atoms with Gasteiger partial charge < -0.3 is 14.8 Å². The van der Waals surface area contributed by atoms with E-state index in [0.29, 0.717) is 0 Å². The quantitative estimate of drug-likeness (QED) is 0.725. The third kappa shape index (κ3) is 3.44. The topological polar surface area (TPSA) is 30.5 Å². The summed E-state index contributed by atoms with van der Waals surface area (Å²) in [5, 5.41) is 3.29. The Balaban J connectivity index is 2.66. The second-order valence-electron chi connectivity index (χ2n) is 3.29. The molecule has 0 fully saturated rings. The van der Waals surface area contributed by atoms with Crippen molar-refractivity contribution in [1.29, 1.82) is 0 Å². The van der Waals surface area contributed by atoms with Gasteiger partial charge in [-0.25, -0.2) is 0 Å². The molecule has 0 unspecified atom stereocenters. The van der Waals surface area contributed by atoms with Crippen LogP contribution in [0.1, 0.15) is 12.5 Å². The Morgan fingerprint density at radius 1 is 1.13 bits per heavy atom. The number of ether oxygens (including phenoxy) is 2. The average molecular weight is 209 g/mol. The molecule has 0 atom stereocenters. The number of methoxy groups -OCH3 is 2. The molecule has 15 heavy (non-hydrogen) atoms. The number of benzene rings is 1. The van der Waals surface area contributed by atoms with Crippen molar-refractivity contribution in [3.8, 4) is 11.5 Å². The van der Waals surface area contributed by atoms with E-state index in [2.05, 4.69) is 18.3 Å². The lowest BCUT2D eigenvalue weighted by Gasteiger charge is -2.09. The number of nitrogens with one attached hydrogen (secondary N) is 1. The van der Waals surface area contributed by atoms with Crippen LogP contribution in [0.3, 0.4) is 0 Å². The zero-order valence-electron chi connectivity index (χ0n) is 9.67. The summed E-state index contributed by atoms with van der Waals surface area (Å²) in [5.74, 6) is 1.58. The van der Waals surface area contributed by atoms with Crippen LogP contribution in [0, 0.1) is 0 Å². The van der Waals surface area contributed by atoms with Gasteiger partial charge in [0.2, 0.25) is 0 Å². The highest BCUT2D eigenvalue weighted by atomic mass is 16.5. The first-order chi connectivity index (χ1) is 7.31. The summed E-state index contributed by atoms with van der Waals surface area (Å²) in [7, 11) is 3.31. The minimum atomic E-state index is 0.782. The molecule has 1 N–H and O–H groups in total.